The van der Waals surface area contributed by atoms with E-state index in [4.69, 9.17) is 14.8 Å². The zero-order valence-electron chi connectivity index (χ0n) is 12.6. The lowest BCUT2D eigenvalue weighted by Gasteiger charge is -2.18. The van der Waals surface area contributed by atoms with Gasteiger partial charge in [0.2, 0.25) is 0 Å². The topological polar surface area (TPSA) is 54.0 Å². The number of hydrogen-bond acceptors (Lipinski definition) is 5. The van der Waals surface area contributed by atoms with Crippen molar-refractivity contribution >= 4 is 34.0 Å². The fourth-order valence-corrected chi connectivity index (χ4v) is 2.35. The van der Waals surface area contributed by atoms with E-state index >= 15 is 0 Å². The number of anilines is 2. The Morgan fingerprint density at radius 2 is 1.96 bits per heavy atom. The summed E-state index contributed by atoms with van der Waals surface area (Å²) in [4.78, 5) is 10.2. The van der Waals surface area contributed by atoms with E-state index in [0.717, 1.165) is 14.8 Å². The number of aliphatic hydroxyl groups excluding tert-OH is 1. The van der Waals surface area contributed by atoms with Crippen LogP contribution >= 0.6 is 22.6 Å². The highest BCUT2D eigenvalue weighted by Crippen LogP contribution is 2.22. The molecule has 0 bridgehead atoms. The van der Waals surface area contributed by atoms with Crippen molar-refractivity contribution in [1.29, 1.82) is 0 Å². The van der Waals surface area contributed by atoms with Gasteiger partial charge in [-0.15, -0.1) is 0 Å². The molecule has 2 aromatic rings. The summed E-state index contributed by atoms with van der Waals surface area (Å²) in [6, 6.07) is 12.5. The van der Waals surface area contributed by atoms with Gasteiger partial charge >= 0.3 is 0 Å². The Balaban J connectivity index is 1.98. The number of aliphatic hydroxyl groups is 1. The van der Waals surface area contributed by atoms with Gasteiger partial charge in [-0.05, 0) is 58.5 Å². The largest absolute Gasteiger partial charge is 0.394 e. The molecule has 124 valence electrons. The Morgan fingerprint density at radius 1 is 1.22 bits per heavy atom. The second kappa shape index (κ2) is 9.14. The van der Waals surface area contributed by atoms with E-state index in [9.17, 15) is 4.39 Å². The van der Waals surface area contributed by atoms with Gasteiger partial charge in [0.15, 0.2) is 0 Å². The predicted molar refractivity (Wildman–Crippen MR) is 94.4 cm³/mol. The average molecular weight is 432 g/mol. The molecule has 5 nitrogen and oxygen atoms in total. The fraction of sp³-hybridized carbons (Fsp3) is 0.250. The molecule has 0 amide bonds. The van der Waals surface area contributed by atoms with Crippen molar-refractivity contribution in [1.82, 2.24) is 5.23 Å². The van der Waals surface area contributed by atoms with Crippen LogP contribution in [0.1, 0.15) is 5.56 Å². The first-order chi connectivity index (χ1) is 11.1. The molecule has 0 saturated carbocycles. The molecule has 0 radical (unpaired) electrons. The first-order valence-corrected chi connectivity index (χ1v) is 8.06. The van der Waals surface area contributed by atoms with Gasteiger partial charge < -0.3 is 10.4 Å². The molecule has 0 aliphatic heterocycles. The minimum Gasteiger partial charge on any atom is -0.394 e. The Bertz CT molecular complexity index is 625. The van der Waals surface area contributed by atoms with Crippen LogP contribution in [0.3, 0.4) is 0 Å². The lowest BCUT2D eigenvalue weighted by Crippen LogP contribution is -2.23. The van der Waals surface area contributed by atoms with Crippen molar-refractivity contribution in [3.8, 4) is 0 Å². The molecule has 0 atom stereocenters. The first-order valence-electron chi connectivity index (χ1n) is 6.99. The summed E-state index contributed by atoms with van der Waals surface area (Å²) in [7, 11) is 1.49. The molecule has 0 saturated heterocycles. The summed E-state index contributed by atoms with van der Waals surface area (Å²) in [6.45, 7) is 0.499. The second-order valence-electron chi connectivity index (χ2n) is 4.68. The van der Waals surface area contributed by atoms with Crippen LogP contribution in [0.5, 0.6) is 0 Å². The molecule has 7 heteroatoms. The van der Waals surface area contributed by atoms with Crippen molar-refractivity contribution in [3.63, 3.8) is 0 Å². The highest BCUT2D eigenvalue weighted by molar-refractivity contribution is 14.1. The lowest BCUT2D eigenvalue weighted by molar-refractivity contribution is -0.364. The molecule has 0 spiro atoms. The van der Waals surface area contributed by atoms with E-state index in [-0.39, 0.29) is 19.0 Å². The molecule has 2 N–H and O–H groups in total. The van der Waals surface area contributed by atoms with Crippen LogP contribution in [-0.4, -0.2) is 30.7 Å². The molecule has 2 aromatic carbocycles. The summed E-state index contributed by atoms with van der Waals surface area (Å²) < 4.78 is 14.7. The van der Waals surface area contributed by atoms with Crippen LogP contribution in [-0.2, 0) is 16.2 Å². The monoisotopic (exact) mass is 432 g/mol. The Kier molecular flexibility index (Phi) is 7.18. The third-order valence-corrected chi connectivity index (χ3v) is 3.68. The predicted octanol–water partition coefficient (Wildman–Crippen LogP) is 3.46. The maximum Gasteiger partial charge on any atom is 0.147 e. The van der Waals surface area contributed by atoms with Crippen molar-refractivity contribution < 1.29 is 19.2 Å². The summed E-state index contributed by atoms with van der Waals surface area (Å²) >= 11 is 2.07. The molecule has 0 aliphatic rings. The van der Waals surface area contributed by atoms with Crippen molar-refractivity contribution in [2.75, 3.05) is 25.6 Å². The maximum absolute atomic E-state index is 13.8. The van der Waals surface area contributed by atoms with Crippen LogP contribution in [0, 0.1) is 9.39 Å². The molecular formula is C16H18FIN2O3. The van der Waals surface area contributed by atoms with E-state index in [1.165, 1.54) is 18.4 Å². The lowest BCUT2D eigenvalue weighted by atomic mass is 10.2. The van der Waals surface area contributed by atoms with Crippen LogP contribution in [0.15, 0.2) is 42.5 Å². The highest BCUT2D eigenvalue weighted by atomic mass is 127. The second-order valence-corrected chi connectivity index (χ2v) is 5.92. The minimum atomic E-state index is -0.288. The Hall–Kier alpha value is -1.26. The number of hydroxylamine groups is 2. The summed E-state index contributed by atoms with van der Waals surface area (Å²) in [6.07, 6.45) is 0. The molecule has 0 aromatic heterocycles. The van der Waals surface area contributed by atoms with Crippen LogP contribution in [0.4, 0.5) is 15.8 Å². The van der Waals surface area contributed by atoms with Crippen molar-refractivity contribution in [2.45, 2.75) is 6.54 Å². The Labute approximate surface area is 148 Å². The summed E-state index contributed by atoms with van der Waals surface area (Å²) in [5.74, 6) is -0.288. The van der Waals surface area contributed by atoms with E-state index in [1.54, 1.807) is 6.07 Å². The number of nitrogens with zero attached hydrogens (tertiary/aromatic N) is 1. The fourth-order valence-electron chi connectivity index (χ4n) is 1.89. The van der Waals surface area contributed by atoms with Gasteiger partial charge in [0, 0.05) is 9.26 Å². The molecule has 2 rings (SSSR count). The SMILES string of the molecule is CON(Cc1ccc(Nc2ccc(I)cc2F)cc1)OCCO. The summed E-state index contributed by atoms with van der Waals surface area (Å²) in [5, 5.41) is 13.1. The van der Waals surface area contributed by atoms with Gasteiger partial charge in [-0.2, -0.15) is 0 Å². The zero-order chi connectivity index (χ0) is 16.7. The standard InChI is InChI=1S/C16H18FIN2O3/c1-22-20(23-9-8-21)11-12-2-5-14(6-3-12)19-16-7-4-13(18)10-15(16)17/h2-7,10,19,21H,8-9,11H2,1H3. The number of rotatable bonds is 8. The van der Waals surface area contributed by atoms with Crippen molar-refractivity contribution in [2.24, 2.45) is 0 Å². The molecule has 0 fully saturated rings. The summed E-state index contributed by atoms with van der Waals surface area (Å²) in [5.41, 5.74) is 2.18. The van der Waals surface area contributed by atoms with Gasteiger partial charge in [0.05, 0.1) is 32.6 Å². The van der Waals surface area contributed by atoms with Gasteiger partial charge in [-0.25, -0.2) is 4.39 Å². The van der Waals surface area contributed by atoms with Crippen LogP contribution in [0.25, 0.3) is 0 Å². The van der Waals surface area contributed by atoms with Gasteiger partial charge in [0.25, 0.3) is 0 Å². The third kappa shape index (κ3) is 5.70. The number of hydrogen-bond donors (Lipinski definition) is 2. The maximum atomic E-state index is 13.8. The normalized spacial score (nSPS) is 11.0. The van der Waals surface area contributed by atoms with Gasteiger partial charge in [-0.3, -0.25) is 9.68 Å². The molecule has 0 aliphatic carbocycles. The number of halogens is 2. The Morgan fingerprint density at radius 3 is 2.57 bits per heavy atom. The van der Waals surface area contributed by atoms with E-state index in [2.05, 4.69) is 27.9 Å². The first kappa shape index (κ1) is 18.1. The molecular weight excluding hydrogens is 414 g/mol. The van der Waals surface area contributed by atoms with E-state index in [0.29, 0.717) is 12.2 Å². The van der Waals surface area contributed by atoms with Gasteiger partial charge in [0.1, 0.15) is 5.82 Å². The molecule has 0 unspecified atom stereocenters. The quantitative estimate of drug-likeness (QED) is 0.495. The van der Waals surface area contributed by atoms with Crippen LogP contribution in [0.2, 0.25) is 0 Å². The van der Waals surface area contributed by atoms with Gasteiger partial charge in [-0.1, -0.05) is 17.4 Å². The third-order valence-electron chi connectivity index (χ3n) is 3.01. The molecule has 0 heterocycles. The van der Waals surface area contributed by atoms with Crippen molar-refractivity contribution in [3.05, 3.63) is 57.4 Å². The van der Waals surface area contributed by atoms with E-state index < -0.39 is 0 Å². The highest BCUT2D eigenvalue weighted by Gasteiger charge is 2.06. The molecule has 23 heavy (non-hydrogen) atoms. The smallest absolute Gasteiger partial charge is 0.147 e. The number of benzene rings is 2. The van der Waals surface area contributed by atoms with E-state index in [1.807, 2.05) is 30.3 Å². The zero-order valence-corrected chi connectivity index (χ0v) is 14.8. The average Bonchev–Trinajstić information content (AvgIpc) is 2.55. The number of nitrogens with one attached hydrogen (secondary N) is 1. The van der Waals surface area contributed by atoms with Crippen LogP contribution < -0.4 is 5.32 Å². The minimum absolute atomic E-state index is 0.0791.